The van der Waals surface area contributed by atoms with E-state index >= 15 is 0 Å². The maximum Gasteiger partial charge on any atom is 0.439 e. The highest BCUT2D eigenvalue weighted by Gasteiger charge is 2.18. The van der Waals surface area contributed by atoms with Crippen LogP contribution in [0.1, 0.15) is 44.3 Å². The minimum absolute atomic E-state index is 0.0345. The Labute approximate surface area is 237 Å². The molecular weight excluding hydrogens is 520 g/mol. The van der Waals surface area contributed by atoms with Gasteiger partial charge in [0.15, 0.2) is 5.82 Å². The summed E-state index contributed by atoms with van der Waals surface area (Å²) in [5.41, 5.74) is 4.70. The van der Waals surface area contributed by atoms with Gasteiger partial charge in [-0.3, -0.25) is 18.9 Å². The number of aryl methyl sites for hydroxylation is 1. The Balaban J connectivity index is 1.51. The maximum atomic E-state index is 13.9. The van der Waals surface area contributed by atoms with Gasteiger partial charge in [-0.15, -0.1) is 0 Å². The first kappa shape index (κ1) is 27.8. The van der Waals surface area contributed by atoms with Gasteiger partial charge in [0.05, 0.1) is 30.5 Å². The lowest BCUT2D eigenvalue weighted by molar-refractivity contribution is 0.242. The van der Waals surface area contributed by atoms with Gasteiger partial charge in [0.25, 0.3) is 5.56 Å². The third-order valence-corrected chi connectivity index (χ3v) is 6.69. The van der Waals surface area contributed by atoms with E-state index in [4.69, 9.17) is 14.2 Å². The second kappa shape index (κ2) is 12.2. The third kappa shape index (κ3) is 6.05. The summed E-state index contributed by atoms with van der Waals surface area (Å²) in [4.78, 5) is 32.8. The molecule has 9 heteroatoms. The molecule has 2 N–H and O–H groups in total. The number of nitrogens with one attached hydrogen (secondary N) is 1. The molecule has 5 aromatic rings. The molecule has 0 unspecified atom stereocenters. The van der Waals surface area contributed by atoms with Crippen molar-refractivity contribution in [1.82, 2.24) is 19.7 Å². The van der Waals surface area contributed by atoms with Crippen molar-refractivity contribution in [2.24, 2.45) is 0 Å². The summed E-state index contributed by atoms with van der Waals surface area (Å²) < 4.78 is 12.1. The lowest BCUT2D eigenvalue weighted by Gasteiger charge is -2.17. The van der Waals surface area contributed by atoms with Crippen LogP contribution in [0.4, 0.5) is 0 Å². The zero-order valence-corrected chi connectivity index (χ0v) is 23.3. The summed E-state index contributed by atoms with van der Waals surface area (Å²) in [6, 6.07) is 22.8. The van der Waals surface area contributed by atoms with Gasteiger partial charge in [0.2, 0.25) is 0 Å². The number of aliphatic hydroxyl groups is 1. The summed E-state index contributed by atoms with van der Waals surface area (Å²) in [7, 11) is 0. The molecule has 210 valence electrons. The predicted octanol–water partition coefficient (Wildman–Crippen LogP) is 5.20. The van der Waals surface area contributed by atoms with Crippen molar-refractivity contribution in [2.45, 2.75) is 52.9 Å². The minimum atomic E-state index is -0.612. The molecule has 0 bridgehead atoms. The molecule has 9 nitrogen and oxygen atoms in total. The number of aromatic nitrogens is 4. The second-order valence-electron chi connectivity index (χ2n) is 10.0. The Morgan fingerprint density at radius 1 is 0.951 bits per heavy atom. The van der Waals surface area contributed by atoms with Gasteiger partial charge >= 0.3 is 5.76 Å². The van der Waals surface area contributed by atoms with Crippen LogP contribution < -0.4 is 16.1 Å². The fourth-order valence-corrected chi connectivity index (χ4v) is 4.86. The van der Waals surface area contributed by atoms with E-state index in [0.717, 1.165) is 28.7 Å². The van der Waals surface area contributed by atoms with E-state index < -0.39 is 5.76 Å². The second-order valence-corrected chi connectivity index (χ2v) is 10.0. The molecule has 0 radical (unpaired) electrons. The molecule has 41 heavy (non-hydrogen) atoms. The number of hydrogen-bond donors (Lipinski definition) is 2. The maximum absolute atomic E-state index is 13.9. The Hall–Kier alpha value is -4.76. The zero-order chi connectivity index (χ0) is 28.9. The number of H-pyrrole nitrogens is 1. The van der Waals surface area contributed by atoms with Crippen LogP contribution in [0.3, 0.4) is 0 Å². The third-order valence-electron chi connectivity index (χ3n) is 6.69. The van der Waals surface area contributed by atoms with Crippen LogP contribution in [0, 0.1) is 0 Å². The average Bonchev–Trinajstić information content (AvgIpc) is 3.41. The van der Waals surface area contributed by atoms with E-state index in [0.29, 0.717) is 47.2 Å². The first-order valence-corrected chi connectivity index (χ1v) is 13.6. The van der Waals surface area contributed by atoms with Crippen molar-refractivity contribution in [3.8, 4) is 39.4 Å². The van der Waals surface area contributed by atoms with Gasteiger partial charge in [0.1, 0.15) is 11.6 Å². The lowest BCUT2D eigenvalue weighted by atomic mass is 9.98. The Kier molecular flexibility index (Phi) is 8.26. The van der Waals surface area contributed by atoms with E-state index in [1.807, 2.05) is 93.6 Å². The van der Waals surface area contributed by atoms with Crippen molar-refractivity contribution in [1.29, 1.82) is 0 Å². The smallest absolute Gasteiger partial charge is 0.439 e. The molecule has 0 spiro atoms. The number of aromatic amines is 1. The Morgan fingerprint density at radius 3 is 2.24 bits per heavy atom. The number of aliphatic hydroxyl groups excluding tert-OH is 1. The Bertz CT molecular complexity index is 1750. The van der Waals surface area contributed by atoms with Crippen molar-refractivity contribution >= 4 is 0 Å². The molecule has 0 aliphatic rings. The SMILES string of the molecule is CCCc1nc(CO)c(-c2ccc(OC(C)C)cc2)c(=O)n1Cc1ccc(-c2ccccc2-c2noc(=O)[nH]2)cc1. The monoisotopic (exact) mass is 552 g/mol. The van der Waals surface area contributed by atoms with E-state index in [9.17, 15) is 14.7 Å². The predicted molar refractivity (Wildman–Crippen MR) is 157 cm³/mol. The lowest BCUT2D eigenvalue weighted by Crippen LogP contribution is -2.29. The highest BCUT2D eigenvalue weighted by molar-refractivity contribution is 5.80. The van der Waals surface area contributed by atoms with Crippen molar-refractivity contribution < 1.29 is 14.4 Å². The van der Waals surface area contributed by atoms with Crippen LogP contribution >= 0.6 is 0 Å². The van der Waals surface area contributed by atoms with Crippen LogP contribution in [0.25, 0.3) is 33.6 Å². The molecule has 0 amide bonds. The van der Waals surface area contributed by atoms with Gasteiger partial charge in [0, 0.05) is 12.0 Å². The van der Waals surface area contributed by atoms with Crippen molar-refractivity contribution in [3.63, 3.8) is 0 Å². The molecule has 0 fully saturated rings. The van der Waals surface area contributed by atoms with E-state index in [2.05, 4.69) is 10.1 Å². The van der Waals surface area contributed by atoms with Crippen LogP contribution in [0.15, 0.2) is 86.9 Å². The number of hydrogen-bond acceptors (Lipinski definition) is 7. The fraction of sp³-hybridized carbons (Fsp3) is 0.250. The van der Waals surface area contributed by atoms with Gasteiger partial charge < -0.3 is 9.84 Å². The summed E-state index contributed by atoms with van der Waals surface area (Å²) >= 11 is 0. The largest absolute Gasteiger partial charge is 0.491 e. The summed E-state index contributed by atoms with van der Waals surface area (Å²) in [5, 5.41) is 14.0. The molecule has 0 aliphatic carbocycles. The van der Waals surface area contributed by atoms with Crippen molar-refractivity contribution in [2.75, 3.05) is 0 Å². The van der Waals surface area contributed by atoms with Gasteiger partial charge in [-0.05, 0) is 54.7 Å². The zero-order valence-electron chi connectivity index (χ0n) is 23.3. The molecule has 0 aliphatic heterocycles. The molecule has 0 atom stereocenters. The first-order valence-electron chi connectivity index (χ1n) is 13.6. The quantitative estimate of drug-likeness (QED) is 0.244. The summed E-state index contributed by atoms with van der Waals surface area (Å²) in [6.45, 7) is 5.93. The van der Waals surface area contributed by atoms with Crippen LogP contribution in [0.2, 0.25) is 0 Å². The molecule has 2 heterocycles. The topological polar surface area (TPSA) is 123 Å². The molecule has 0 saturated heterocycles. The minimum Gasteiger partial charge on any atom is -0.491 e. The standard InChI is InChI=1S/C32H32N4O5/c1-4-7-28-33-27(19-37)29(23-14-16-24(17-15-23)40-20(2)3)31(38)36(28)18-21-10-12-22(13-11-21)25-8-5-6-9-26(25)30-34-32(39)41-35-30/h5-6,8-17,20,37H,4,7,18-19H2,1-3H3,(H,34,35,39). The molecule has 0 saturated carbocycles. The number of nitrogens with zero attached hydrogens (tertiary/aromatic N) is 3. The van der Waals surface area contributed by atoms with E-state index in [-0.39, 0.29) is 18.3 Å². The molecule has 2 aromatic heterocycles. The van der Waals surface area contributed by atoms with Crippen molar-refractivity contribution in [3.05, 3.63) is 111 Å². The van der Waals surface area contributed by atoms with E-state index in [1.54, 1.807) is 4.57 Å². The summed E-state index contributed by atoms with van der Waals surface area (Å²) in [5.74, 6) is 1.09. The van der Waals surface area contributed by atoms with Gasteiger partial charge in [-0.1, -0.05) is 72.7 Å². The fourth-order valence-electron chi connectivity index (χ4n) is 4.86. The van der Waals surface area contributed by atoms with Gasteiger partial charge in [-0.25, -0.2) is 9.78 Å². The summed E-state index contributed by atoms with van der Waals surface area (Å²) in [6.07, 6.45) is 1.44. The number of rotatable bonds is 10. The number of ether oxygens (including phenoxy) is 1. The van der Waals surface area contributed by atoms with Crippen LogP contribution in [-0.2, 0) is 19.6 Å². The molecule has 3 aromatic carbocycles. The highest BCUT2D eigenvalue weighted by Crippen LogP contribution is 2.30. The average molecular weight is 553 g/mol. The van der Waals surface area contributed by atoms with E-state index in [1.165, 1.54) is 0 Å². The molecule has 5 rings (SSSR count). The highest BCUT2D eigenvalue weighted by atomic mass is 16.5. The van der Waals surface area contributed by atoms with Gasteiger partial charge in [-0.2, -0.15) is 0 Å². The normalized spacial score (nSPS) is 11.2. The first-order chi connectivity index (χ1) is 19.9. The number of benzene rings is 3. The van der Waals surface area contributed by atoms with Crippen LogP contribution in [0.5, 0.6) is 5.75 Å². The molecular formula is C32H32N4O5. The Morgan fingerprint density at radius 2 is 1.63 bits per heavy atom. The van der Waals surface area contributed by atoms with Crippen LogP contribution in [-0.4, -0.2) is 30.9 Å².